The van der Waals surface area contributed by atoms with Crippen LogP contribution in [0.5, 0.6) is 0 Å². The van der Waals surface area contributed by atoms with Crippen molar-refractivity contribution in [3.05, 3.63) is 71.8 Å². The molecule has 0 N–H and O–H groups in total. The van der Waals surface area contributed by atoms with Gasteiger partial charge < -0.3 is 9.15 Å². The Morgan fingerprint density at radius 1 is 1.00 bits per heavy atom. The van der Waals surface area contributed by atoms with Crippen molar-refractivity contribution in [1.82, 2.24) is 0 Å². The molecule has 3 rings (SSSR count). The quantitative estimate of drug-likeness (QED) is 0.717. The van der Waals surface area contributed by atoms with Gasteiger partial charge in [0.25, 0.3) is 0 Å². The summed E-state index contributed by atoms with van der Waals surface area (Å²) in [5.41, 5.74) is 3.26. The summed E-state index contributed by atoms with van der Waals surface area (Å²) in [6, 6.07) is 19.8. The SMILES string of the molecule is CCOCc1cc2ccccc2oc1=Nc1ccccc1. The Kier molecular flexibility index (Phi) is 4.12. The summed E-state index contributed by atoms with van der Waals surface area (Å²) in [6.45, 7) is 3.14. The van der Waals surface area contributed by atoms with Crippen LogP contribution in [0.25, 0.3) is 11.0 Å². The molecule has 0 atom stereocenters. The lowest BCUT2D eigenvalue weighted by atomic mass is 10.2. The van der Waals surface area contributed by atoms with E-state index >= 15 is 0 Å². The number of hydrogen-bond donors (Lipinski definition) is 0. The van der Waals surface area contributed by atoms with Crippen LogP contribution in [0.1, 0.15) is 12.5 Å². The third-order valence-electron chi connectivity index (χ3n) is 3.18. The molecule has 0 fully saturated rings. The summed E-state index contributed by atoms with van der Waals surface area (Å²) < 4.78 is 11.5. The summed E-state index contributed by atoms with van der Waals surface area (Å²) in [4.78, 5) is 4.60. The highest BCUT2D eigenvalue weighted by atomic mass is 16.5. The van der Waals surface area contributed by atoms with E-state index in [1.54, 1.807) is 0 Å². The highest BCUT2D eigenvalue weighted by Gasteiger charge is 2.04. The first-order valence-corrected chi connectivity index (χ1v) is 7.06. The van der Waals surface area contributed by atoms with Crippen molar-refractivity contribution in [1.29, 1.82) is 0 Å². The van der Waals surface area contributed by atoms with E-state index in [2.05, 4.69) is 11.1 Å². The molecule has 0 aliphatic carbocycles. The lowest BCUT2D eigenvalue weighted by Gasteiger charge is -2.05. The molecule has 1 aromatic heterocycles. The molecule has 3 nitrogen and oxygen atoms in total. The van der Waals surface area contributed by atoms with E-state index in [0.29, 0.717) is 18.8 Å². The van der Waals surface area contributed by atoms with E-state index in [4.69, 9.17) is 9.15 Å². The van der Waals surface area contributed by atoms with Crippen molar-refractivity contribution in [3.8, 4) is 0 Å². The number of nitrogens with zero attached hydrogens (tertiary/aromatic N) is 1. The second-order valence-electron chi connectivity index (χ2n) is 4.70. The van der Waals surface area contributed by atoms with Gasteiger partial charge >= 0.3 is 0 Å². The van der Waals surface area contributed by atoms with E-state index in [9.17, 15) is 0 Å². The maximum atomic E-state index is 5.95. The third kappa shape index (κ3) is 3.20. The van der Waals surface area contributed by atoms with Gasteiger partial charge in [-0.15, -0.1) is 0 Å². The lowest BCUT2D eigenvalue weighted by Crippen LogP contribution is -2.10. The molecule has 0 amide bonds. The molecule has 2 aromatic carbocycles. The van der Waals surface area contributed by atoms with E-state index in [-0.39, 0.29) is 0 Å². The van der Waals surface area contributed by atoms with Crippen molar-refractivity contribution in [2.24, 2.45) is 4.99 Å². The Labute approximate surface area is 123 Å². The van der Waals surface area contributed by atoms with E-state index in [1.807, 2.05) is 61.5 Å². The number of hydrogen-bond acceptors (Lipinski definition) is 3. The number of benzene rings is 2. The van der Waals surface area contributed by atoms with Crippen molar-refractivity contribution in [3.63, 3.8) is 0 Å². The zero-order chi connectivity index (χ0) is 14.5. The molecule has 0 aliphatic rings. The second kappa shape index (κ2) is 6.37. The van der Waals surface area contributed by atoms with Crippen LogP contribution in [-0.4, -0.2) is 6.61 Å². The molecule has 0 saturated carbocycles. The van der Waals surface area contributed by atoms with Gasteiger partial charge in [0.2, 0.25) is 5.55 Å². The number of rotatable bonds is 4. The van der Waals surface area contributed by atoms with Crippen LogP contribution in [0.15, 0.2) is 70.1 Å². The van der Waals surface area contributed by atoms with Crippen LogP contribution in [0.4, 0.5) is 5.69 Å². The Balaban J connectivity index is 2.16. The van der Waals surface area contributed by atoms with Gasteiger partial charge in [0.15, 0.2) is 0 Å². The molecule has 106 valence electrons. The Morgan fingerprint density at radius 3 is 2.57 bits per heavy atom. The summed E-state index contributed by atoms with van der Waals surface area (Å²) >= 11 is 0. The van der Waals surface area contributed by atoms with Gasteiger partial charge in [0.05, 0.1) is 12.3 Å². The van der Waals surface area contributed by atoms with Crippen LogP contribution in [-0.2, 0) is 11.3 Å². The van der Waals surface area contributed by atoms with Crippen LogP contribution in [0.2, 0.25) is 0 Å². The zero-order valence-corrected chi connectivity index (χ0v) is 12.0. The van der Waals surface area contributed by atoms with Gasteiger partial charge in [-0.2, -0.15) is 0 Å². The van der Waals surface area contributed by atoms with Crippen molar-refractivity contribution in [2.75, 3.05) is 6.61 Å². The van der Waals surface area contributed by atoms with Crippen molar-refractivity contribution in [2.45, 2.75) is 13.5 Å². The third-order valence-corrected chi connectivity index (χ3v) is 3.18. The first kappa shape index (κ1) is 13.6. The maximum absolute atomic E-state index is 5.95. The fourth-order valence-electron chi connectivity index (χ4n) is 2.14. The zero-order valence-electron chi connectivity index (χ0n) is 12.0. The average Bonchev–Trinajstić information content (AvgIpc) is 2.54. The van der Waals surface area contributed by atoms with Gasteiger partial charge in [-0.05, 0) is 31.2 Å². The number of para-hydroxylation sites is 2. The Bertz CT molecular complexity index is 791. The fourth-order valence-corrected chi connectivity index (χ4v) is 2.14. The van der Waals surface area contributed by atoms with Gasteiger partial charge in [-0.1, -0.05) is 36.4 Å². The van der Waals surface area contributed by atoms with Crippen LogP contribution in [0, 0.1) is 0 Å². The molecule has 0 saturated heterocycles. The van der Waals surface area contributed by atoms with Crippen LogP contribution in [0.3, 0.4) is 0 Å². The number of fused-ring (bicyclic) bond motifs is 1. The first-order chi connectivity index (χ1) is 10.4. The molecule has 0 unspecified atom stereocenters. The van der Waals surface area contributed by atoms with Crippen LogP contribution >= 0.6 is 0 Å². The molecule has 0 spiro atoms. The average molecular weight is 279 g/mol. The predicted molar refractivity (Wildman–Crippen MR) is 83.2 cm³/mol. The molecule has 0 aliphatic heterocycles. The molecular formula is C18H17NO2. The fraction of sp³-hybridized carbons (Fsp3) is 0.167. The van der Waals surface area contributed by atoms with E-state index in [1.165, 1.54) is 0 Å². The van der Waals surface area contributed by atoms with Gasteiger partial charge in [0, 0.05) is 17.6 Å². The minimum Gasteiger partial charge on any atom is -0.438 e. The Morgan fingerprint density at radius 2 is 1.76 bits per heavy atom. The Hall–Kier alpha value is -2.39. The predicted octanol–water partition coefficient (Wildman–Crippen LogP) is 4.20. The summed E-state index contributed by atoms with van der Waals surface area (Å²) in [5, 5.41) is 1.05. The lowest BCUT2D eigenvalue weighted by molar-refractivity contribution is 0.131. The number of ether oxygens (including phenoxy) is 1. The smallest absolute Gasteiger partial charge is 0.225 e. The second-order valence-corrected chi connectivity index (χ2v) is 4.70. The highest BCUT2D eigenvalue weighted by Crippen LogP contribution is 2.15. The molecule has 21 heavy (non-hydrogen) atoms. The monoisotopic (exact) mass is 279 g/mol. The molecule has 3 aromatic rings. The minimum atomic E-state index is 0.497. The molecular weight excluding hydrogens is 262 g/mol. The van der Waals surface area contributed by atoms with Gasteiger partial charge in [-0.25, -0.2) is 4.99 Å². The topological polar surface area (TPSA) is 34.7 Å². The normalized spacial score (nSPS) is 12.0. The first-order valence-electron chi connectivity index (χ1n) is 7.06. The molecule has 3 heteroatoms. The van der Waals surface area contributed by atoms with E-state index in [0.717, 1.165) is 22.2 Å². The van der Waals surface area contributed by atoms with Crippen LogP contribution < -0.4 is 5.55 Å². The molecule has 0 bridgehead atoms. The largest absolute Gasteiger partial charge is 0.438 e. The standard InChI is InChI=1S/C18H17NO2/c1-2-20-13-15-12-14-8-6-7-11-17(14)21-18(15)19-16-9-4-3-5-10-16/h3-12H,2,13H2,1H3. The van der Waals surface area contributed by atoms with Crippen molar-refractivity contribution < 1.29 is 9.15 Å². The summed E-state index contributed by atoms with van der Waals surface area (Å²) in [5.74, 6) is 0. The highest BCUT2D eigenvalue weighted by molar-refractivity contribution is 5.76. The molecule has 1 heterocycles. The summed E-state index contributed by atoms with van der Waals surface area (Å²) in [7, 11) is 0. The van der Waals surface area contributed by atoms with Gasteiger partial charge in [-0.3, -0.25) is 0 Å². The maximum Gasteiger partial charge on any atom is 0.225 e. The van der Waals surface area contributed by atoms with E-state index < -0.39 is 0 Å². The summed E-state index contributed by atoms with van der Waals surface area (Å²) in [6.07, 6.45) is 0. The van der Waals surface area contributed by atoms with Crippen molar-refractivity contribution >= 4 is 16.7 Å². The molecule has 0 radical (unpaired) electrons. The minimum absolute atomic E-state index is 0.497. The van der Waals surface area contributed by atoms with Gasteiger partial charge in [0.1, 0.15) is 5.58 Å².